The van der Waals surface area contributed by atoms with Crippen LogP contribution in [0.4, 0.5) is 23.3 Å². The molecule has 8 aliphatic heterocycles. The molecule has 16 heterocycles. The van der Waals surface area contributed by atoms with Gasteiger partial charge < -0.3 is 44.5 Å². The monoisotopic (exact) mass is 2250 g/mol. The highest BCUT2D eigenvalue weighted by Gasteiger charge is 2.43. The Balaban J connectivity index is 0.000000135. The van der Waals surface area contributed by atoms with E-state index in [0.717, 1.165) is 270 Å². The van der Waals surface area contributed by atoms with E-state index in [0.29, 0.717) is 107 Å². The summed E-state index contributed by atoms with van der Waals surface area (Å²) in [4.78, 5) is 68.9. The van der Waals surface area contributed by atoms with E-state index in [4.69, 9.17) is 153 Å². The molecule has 46 heteroatoms. The topological polar surface area (TPSA) is 368 Å². The van der Waals surface area contributed by atoms with E-state index in [1.54, 1.807) is 45.0 Å². The van der Waals surface area contributed by atoms with Gasteiger partial charge in [-0.15, -0.1) is 0 Å². The van der Waals surface area contributed by atoms with Gasteiger partial charge >= 0.3 is 0 Å². The van der Waals surface area contributed by atoms with Crippen molar-refractivity contribution in [1.82, 2.24) is 118 Å². The number of fused-ring (bicyclic) bond motifs is 4. The van der Waals surface area contributed by atoms with Gasteiger partial charge in [-0.25, -0.2) is 98.0 Å². The molecule has 8 fully saturated rings. The average Bonchev–Trinajstić information content (AvgIpc) is 1.66. The summed E-state index contributed by atoms with van der Waals surface area (Å²) in [6.45, 7) is 42.3. The number of halogens is 8. The van der Waals surface area contributed by atoms with Gasteiger partial charge in [-0.05, 0) is 265 Å². The van der Waals surface area contributed by atoms with Crippen LogP contribution in [0, 0.1) is 75.0 Å². The molecule has 0 radical (unpaired) electrons. The quantitative estimate of drug-likeness (QED) is 0.0304. The number of aromatic nitrogens is 16. The van der Waals surface area contributed by atoms with E-state index in [-0.39, 0.29) is 30.1 Å². The zero-order valence-corrected chi connectivity index (χ0v) is 95.2. The van der Waals surface area contributed by atoms with E-state index in [1.807, 2.05) is 120 Å². The molecule has 35 nitrogen and oxygen atoms in total. The minimum absolute atomic E-state index is 0.0402. The van der Waals surface area contributed by atoms with Gasteiger partial charge in [-0.2, -0.15) is 20.4 Å². The van der Waals surface area contributed by atoms with Crippen LogP contribution in [0.15, 0.2) is 97.6 Å². The number of amides is 1. The molecule has 0 bridgehead atoms. The van der Waals surface area contributed by atoms with Crippen molar-refractivity contribution in [2.45, 2.75) is 157 Å². The Morgan fingerprint density at radius 1 is 0.342 bits per heavy atom. The number of nitrogens with zero attached hydrogens (tertiary/aromatic N) is 24. The van der Waals surface area contributed by atoms with Crippen LogP contribution < -0.4 is 39.1 Å². The summed E-state index contributed by atoms with van der Waals surface area (Å²) < 4.78 is 85.1. The van der Waals surface area contributed by atoms with Crippen molar-refractivity contribution >= 4 is 197 Å². The third kappa shape index (κ3) is 27.1. The highest BCUT2D eigenvalue weighted by molar-refractivity contribution is 7.90. The summed E-state index contributed by atoms with van der Waals surface area (Å²) in [6.07, 6.45) is 19.4. The Morgan fingerprint density at radius 2 is 0.577 bits per heavy atom. The van der Waals surface area contributed by atoms with Gasteiger partial charge in [0.05, 0.1) is 89.5 Å². The van der Waals surface area contributed by atoms with Crippen LogP contribution in [0.1, 0.15) is 169 Å². The molecule has 0 unspecified atom stereocenters. The maximum absolute atomic E-state index is 12.0. The van der Waals surface area contributed by atoms with Crippen LogP contribution >= 0.6 is 92.8 Å². The SMILES string of the molecule is CC(=O)NCCN1CCC[C@@H](C2CN(c3cnc4c(C)nn([C@H](C)c5ccc(Cl)cc5Cl)c4n3)C2)C1.Cc1nn([C@H](C)c2ccc(Cl)cc2Cl)c2nc(N3CC([C@@H]4CCCN(CCNS(C)(=O)=O)C4)C3)cnc12.Cc1nn([C@H](C)c2ccc(Cl)cc2Cl)c2nc(N3CC([C@H]4CCCN(CCNS(=O)(=O)C(C)C)C4)C3)cnc12.Cc1nn([C@H](C)c2ccc(Cl)cc2Cl)c2nc(N3CC([C@H]4CCCN(CCNS(C)(=O)=O)C4)C3)cnc12. The second-order valence-electron chi connectivity index (χ2n) is 41.9. The lowest BCUT2D eigenvalue weighted by atomic mass is 9.80. The summed E-state index contributed by atoms with van der Waals surface area (Å²) in [6, 6.07) is 21.6. The van der Waals surface area contributed by atoms with E-state index in [2.05, 4.69) is 86.4 Å². The highest BCUT2D eigenvalue weighted by Crippen LogP contribution is 2.43. The number of hydrogen-bond acceptors (Lipinski definition) is 27. The molecule has 4 N–H and O–H groups in total. The number of anilines is 4. The average molecular weight is 2260 g/mol. The lowest BCUT2D eigenvalue weighted by molar-refractivity contribution is -0.119. The summed E-state index contributed by atoms with van der Waals surface area (Å²) in [5.41, 5.74) is 13.3. The predicted octanol–water partition coefficient (Wildman–Crippen LogP) is 16.4. The molecule has 12 aromatic rings. The molecule has 0 aliphatic carbocycles. The highest BCUT2D eigenvalue weighted by atomic mass is 35.5. The van der Waals surface area contributed by atoms with Crippen LogP contribution in [0.25, 0.3) is 44.7 Å². The molecule has 0 spiro atoms. The molecule has 8 atom stereocenters. The molecule has 149 heavy (non-hydrogen) atoms. The zero-order chi connectivity index (χ0) is 106. The van der Waals surface area contributed by atoms with Crippen molar-refractivity contribution in [3.63, 3.8) is 0 Å². The fourth-order valence-electron chi connectivity index (χ4n) is 22.1. The number of sulfonamides is 3. The molecule has 20 rings (SSSR count). The Hall–Kier alpha value is -8.36. The molecular formula is C103H136Cl8N28O7S3. The van der Waals surface area contributed by atoms with Crippen LogP contribution in [-0.2, 0) is 34.9 Å². The molecule has 8 saturated heterocycles. The molecule has 8 aromatic heterocycles. The first-order valence-corrected chi connectivity index (χ1v) is 60.0. The van der Waals surface area contributed by atoms with Crippen molar-refractivity contribution in [2.75, 3.05) is 189 Å². The fraction of sp³-hybridized carbons (Fsp3) is 0.563. The van der Waals surface area contributed by atoms with Gasteiger partial charge in [-0.1, -0.05) is 117 Å². The summed E-state index contributed by atoms with van der Waals surface area (Å²) in [5.74, 6) is 8.49. The smallest absolute Gasteiger partial charge is 0.216 e. The van der Waals surface area contributed by atoms with Gasteiger partial charge in [0.1, 0.15) is 45.3 Å². The van der Waals surface area contributed by atoms with E-state index in [9.17, 15) is 30.0 Å². The van der Waals surface area contributed by atoms with Crippen molar-refractivity contribution < 1.29 is 30.0 Å². The maximum atomic E-state index is 12.0. The number of hydrogen-bond donors (Lipinski definition) is 4. The Kier molecular flexibility index (Phi) is 36.3. The second kappa shape index (κ2) is 48.3. The predicted molar refractivity (Wildman–Crippen MR) is 597 cm³/mol. The summed E-state index contributed by atoms with van der Waals surface area (Å²) in [5, 5.41) is 26.3. The Labute approximate surface area is 913 Å². The zero-order valence-electron chi connectivity index (χ0n) is 86.7. The standard InChI is InChI=1S/C27H37Cl2N7O2S.C26H33Cl2N7O.2C25H33Cl2N7O2S/c1-17(2)39(37,38)31-9-11-34-10-5-6-20(14-34)21-15-35(16-21)25-13-30-26-18(3)33-36(27(26)32-25)19(4)23-8-7-22(28)12-24(23)29;1-16-25-26(35(32-16)17(2)22-7-6-21(27)11-23(22)28)31-24(12-30-25)34-14-20(15-34)19-5-4-9-33(13-19)10-8-29-18(3)36;2*1-16-24-25(34(31-16)17(2)21-7-6-20(26)11-22(21)27)30-23(12-28-24)33-14-19(15-33)18-5-4-9-32(13-18)10-8-29-37(3,35)36/h7-8,12-13,17,19-21,31H,5-6,9-11,14-16H2,1-4H3;6-7,11-12,17,19-20H,4-5,8-10,13-15H2,1-3H3,(H,29,36);2*6-7,11-12,17-19,29H,4-5,8-10,13-15H2,1-3H3/t19-,20+;17-,19-;17-,18+;17-,18-/m1111/s1. The number of benzene rings is 4. The fourth-order valence-corrected chi connectivity index (χ4v) is 26.0. The van der Waals surface area contributed by atoms with Crippen molar-refractivity contribution in [3.05, 3.63) is 183 Å². The van der Waals surface area contributed by atoms with Crippen LogP contribution in [-0.4, -0.2) is 305 Å². The molecule has 8 aliphatic rings. The Bertz CT molecular complexity index is 6940. The lowest BCUT2D eigenvalue weighted by Gasteiger charge is -2.47. The van der Waals surface area contributed by atoms with Gasteiger partial charge in [0.2, 0.25) is 36.0 Å². The summed E-state index contributed by atoms with van der Waals surface area (Å²) in [7, 11) is -9.50. The first-order valence-electron chi connectivity index (χ1n) is 51.7. The largest absolute Gasteiger partial charge is 0.355 e. The Morgan fingerprint density at radius 3 is 0.799 bits per heavy atom. The van der Waals surface area contributed by atoms with Gasteiger partial charge in [0.25, 0.3) is 0 Å². The third-order valence-corrected chi connectivity index (χ3v) is 36.4. The number of nitrogens with one attached hydrogen (secondary N) is 4. The number of carbonyl (C=O) groups excluding carboxylic acids is 1. The van der Waals surface area contributed by atoms with Gasteiger partial charge in [0.15, 0.2) is 22.6 Å². The first kappa shape index (κ1) is 112. The normalized spacial score (nSPS) is 20.2. The van der Waals surface area contributed by atoms with Gasteiger partial charge in [0, 0.05) is 178 Å². The number of piperidine rings is 4. The van der Waals surface area contributed by atoms with Crippen molar-refractivity contribution in [3.8, 4) is 0 Å². The maximum Gasteiger partial charge on any atom is 0.216 e. The molecule has 1 amide bonds. The molecule has 0 saturated carbocycles. The van der Waals surface area contributed by atoms with Gasteiger partial charge in [-0.3, -0.25) is 4.79 Å². The number of likely N-dealkylation sites (tertiary alicyclic amines) is 4. The summed E-state index contributed by atoms with van der Waals surface area (Å²) >= 11 is 50.4. The van der Waals surface area contributed by atoms with E-state index in [1.165, 1.54) is 44.6 Å². The van der Waals surface area contributed by atoms with E-state index >= 15 is 0 Å². The number of aryl methyl sites for hydroxylation is 4. The molecule has 4 aromatic carbocycles. The number of carbonyl (C=O) groups is 1. The molecule has 804 valence electrons. The lowest BCUT2D eigenvalue weighted by Crippen LogP contribution is -2.54. The molecular weight excluding hydrogens is 2120 g/mol. The van der Waals surface area contributed by atoms with Crippen LogP contribution in [0.5, 0.6) is 0 Å². The van der Waals surface area contributed by atoms with E-state index < -0.39 is 35.3 Å². The van der Waals surface area contributed by atoms with Crippen LogP contribution in [0.3, 0.4) is 0 Å². The van der Waals surface area contributed by atoms with Crippen molar-refractivity contribution in [1.29, 1.82) is 0 Å². The minimum Gasteiger partial charge on any atom is -0.355 e. The van der Waals surface area contributed by atoms with Crippen molar-refractivity contribution in [2.24, 2.45) is 47.3 Å². The van der Waals surface area contributed by atoms with Crippen LogP contribution in [0.2, 0.25) is 40.2 Å². The second-order valence-corrected chi connectivity index (χ2v) is 51.2. The third-order valence-electron chi connectivity index (χ3n) is 30.9. The minimum atomic E-state index is -3.22. The number of rotatable bonds is 32. The first-order chi connectivity index (χ1) is 71.0.